The largest absolute Gasteiger partial charge is 0.477 e. The molecular weight excluding hydrogens is 951 g/mol. The van der Waals surface area contributed by atoms with Gasteiger partial charge in [0, 0.05) is 23.5 Å². The summed E-state index contributed by atoms with van der Waals surface area (Å²) in [5.41, 5.74) is 0. The van der Waals surface area contributed by atoms with Crippen molar-refractivity contribution < 1.29 is 17.9 Å². The van der Waals surface area contributed by atoms with Gasteiger partial charge in [0.15, 0.2) is 10.0 Å². The van der Waals surface area contributed by atoms with E-state index in [1.807, 2.05) is 0 Å². The molecule has 0 bridgehead atoms. The van der Waals surface area contributed by atoms with Gasteiger partial charge in [-0.05, 0) is 120 Å². The van der Waals surface area contributed by atoms with Crippen molar-refractivity contribution in [2.24, 2.45) is 0 Å². The monoisotopic (exact) mass is 957 g/mol. The quantitative estimate of drug-likeness (QED) is 0.223. The van der Waals surface area contributed by atoms with Crippen molar-refractivity contribution in [3.63, 3.8) is 0 Å². The minimum Gasteiger partial charge on any atom is -0.477 e. The number of benzene rings is 2. The fourth-order valence-corrected chi connectivity index (χ4v) is 9.90. The molecule has 0 saturated heterocycles. The first-order valence-corrected chi connectivity index (χ1v) is 17.2. The van der Waals surface area contributed by atoms with E-state index in [1.54, 1.807) is 0 Å². The zero-order valence-electron chi connectivity index (χ0n) is 15.4. The van der Waals surface area contributed by atoms with Crippen LogP contribution in [0.5, 0.6) is 11.5 Å². The predicted octanol–water partition coefficient (Wildman–Crippen LogP) is 9.34. The van der Waals surface area contributed by atoms with E-state index in [4.69, 9.17) is 9.47 Å². The Morgan fingerprint density at radius 1 is 0.677 bits per heavy atom. The molecule has 2 atom stereocenters. The maximum atomic E-state index is 13.3. The molecule has 0 aliphatic rings. The highest BCUT2D eigenvalue weighted by Crippen LogP contribution is 2.42. The minimum absolute atomic E-state index is 0.121. The number of ether oxygens (including phenoxy) is 2. The van der Waals surface area contributed by atoms with Gasteiger partial charge in [0.25, 0.3) is 0 Å². The Morgan fingerprint density at radius 3 is 1.23 bits per heavy atom. The van der Waals surface area contributed by atoms with Crippen LogP contribution in [0.4, 0.5) is 0 Å². The third-order valence-corrected chi connectivity index (χ3v) is 10.0. The second-order valence-corrected chi connectivity index (χ2v) is 14.9. The number of alkyl halides is 4. The van der Waals surface area contributed by atoms with Gasteiger partial charge in [-0.2, -0.15) is 0 Å². The summed E-state index contributed by atoms with van der Waals surface area (Å²) in [6.07, 6.45) is 1.47. The maximum absolute atomic E-state index is 13.3. The zero-order chi connectivity index (χ0) is 23.3. The number of halogens is 8. The summed E-state index contributed by atoms with van der Waals surface area (Å²) in [5.74, 6) is 1.03. The van der Waals surface area contributed by atoms with Crippen molar-refractivity contribution in [1.29, 1.82) is 0 Å². The molecule has 0 saturated carbocycles. The highest BCUT2D eigenvalue weighted by molar-refractivity contribution is 9.11. The van der Waals surface area contributed by atoms with E-state index in [2.05, 4.69) is 127 Å². The van der Waals surface area contributed by atoms with Crippen molar-refractivity contribution in [1.82, 2.24) is 0 Å². The van der Waals surface area contributed by atoms with Crippen LogP contribution in [0.3, 0.4) is 0 Å². The normalized spacial score (nSPS) is 13.7. The Kier molecular flexibility index (Phi) is 12.4. The topological polar surface area (TPSA) is 52.6 Å². The Hall–Kier alpha value is 1.83. The maximum Gasteiger partial charge on any atom is 0.206 e. The molecule has 2 unspecified atom stereocenters. The van der Waals surface area contributed by atoms with Gasteiger partial charge in [-0.25, -0.2) is 8.42 Å². The van der Waals surface area contributed by atoms with Crippen LogP contribution in [0.2, 0.25) is 0 Å². The predicted molar refractivity (Wildman–Crippen MR) is 153 cm³/mol. The molecule has 0 amide bonds. The summed E-state index contributed by atoms with van der Waals surface area (Å²) < 4.78 is 40.4. The summed E-state index contributed by atoms with van der Waals surface area (Å²) in [6.45, 7) is 0. The van der Waals surface area contributed by atoms with Crippen LogP contribution in [0, 0.1) is 0 Å². The minimum atomic E-state index is -3.81. The Morgan fingerprint density at radius 2 is 0.968 bits per heavy atom. The average Bonchev–Trinajstić information content (AvgIpc) is 2.67. The van der Waals surface area contributed by atoms with Crippen LogP contribution in [0.15, 0.2) is 51.9 Å². The van der Waals surface area contributed by atoms with Crippen LogP contribution in [0.1, 0.15) is 12.8 Å². The second kappa shape index (κ2) is 13.2. The number of hydrogen-bond donors (Lipinski definition) is 0. The van der Waals surface area contributed by atoms with Crippen molar-refractivity contribution in [3.8, 4) is 11.5 Å². The molecule has 2 aromatic carbocycles. The molecule has 0 heterocycles. The SMILES string of the molecule is O=S(=O)(c1cc(Br)c(OC(Br)CCBr)c(Br)c1)c1cc(Br)c(OC(Br)CCBr)c(Br)c1. The molecule has 2 aromatic rings. The Labute approximate surface area is 248 Å². The van der Waals surface area contributed by atoms with E-state index in [1.165, 1.54) is 24.3 Å². The van der Waals surface area contributed by atoms with E-state index in [9.17, 15) is 8.42 Å². The summed E-state index contributed by atoms with van der Waals surface area (Å²) >= 11 is 27.3. The van der Waals surface area contributed by atoms with E-state index in [0.717, 1.165) is 23.5 Å². The number of hydrogen-bond acceptors (Lipinski definition) is 4. The average molecular weight is 966 g/mol. The molecule has 31 heavy (non-hydrogen) atoms. The molecule has 0 N–H and O–H groups in total. The summed E-state index contributed by atoms with van der Waals surface area (Å²) in [4.78, 5) is 0.241. The van der Waals surface area contributed by atoms with Gasteiger partial charge in [-0.15, -0.1) is 0 Å². The number of sulfone groups is 1. The fourth-order valence-electron chi connectivity index (χ4n) is 2.29. The van der Waals surface area contributed by atoms with Crippen molar-refractivity contribution in [3.05, 3.63) is 42.2 Å². The molecule has 4 nitrogen and oxygen atoms in total. The van der Waals surface area contributed by atoms with Gasteiger partial charge in [0.1, 0.15) is 11.5 Å². The molecule has 0 aromatic heterocycles. The van der Waals surface area contributed by atoms with Gasteiger partial charge in [0.2, 0.25) is 9.84 Å². The van der Waals surface area contributed by atoms with E-state index in [0.29, 0.717) is 29.4 Å². The van der Waals surface area contributed by atoms with Crippen molar-refractivity contribution >= 4 is 137 Å². The van der Waals surface area contributed by atoms with Gasteiger partial charge in [-0.1, -0.05) is 31.9 Å². The van der Waals surface area contributed by atoms with Gasteiger partial charge >= 0.3 is 0 Å². The summed E-state index contributed by atoms with van der Waals surface area (Å²) in [5, 5.41) is 1.09. The van der Waals surface area contributed by atoms with Crippen LogP contribution in [-0.2, 0) is 9.84 Å². The van der Waals surface area contributed by atoms with Crippen LogP contribution in [0.25, 0.3) is 0 Å². The standard InChI is InChI=1S/C18H14Br8O4S/c19-3-1-15(25)29-17-11(21)5-9(6-12(17)22)31(27,28)10-7-13(23)18(14(24)8-10)30-16(26)2-4-20/h5-8,15-16H,1-4H2. The smallest absolute Gasteiger partial charge is 0.206 e. The van der Waals surface area contributed by atoms with Crippen LogP contribution >= 0.6 is 127 Å². The fraction of sp³-hybridized carbons (Fsp3) is 0.333. The van der Waals surface area contributed by atoms with E-state index < -0.39 is 9.84 Å². The molecule has 0 aliphatic heterocycles. The van der Waals surface area contributed by atoms with E-state index in [-0.39, 0.29) is 19.8 Å². The zero-order valence-corrected chi connectivity index (χ0v) is 28.9. The molecule has 2 rings (SSSR count). The van der Waals surface area contributed by atoms with Gasteiger partial charge in [-0.3, -0.25) is 0 Å². The highest BCUT2D eigenvalue weighted by Gasteiger charge is 2.25. The third-order valence-electron chi connectivity index (χ3n) is 3.73. The second-order valence-electron chi connectivity index (χ2n) is 5.95. The third kappa shape index (κ3) is 7.91. The lowest BCUT2D eigenvalue weighted by atomic mass is 10.3. The molecule has 0 aliphatic carbocycles. The lowest BCUT2D eigenvalue weighted by Gasteiger charge is -2.17. The van der Waals surface area contributed by atoms with Crippen LogP contribution < -0.4 is 9.47 Å². The molecular formula is C18H14Br8O4S. The lowest BCUT2D eigenvalue weighted by molar-refractivity contribution is 0.288. The Balaban J connectivity index is 2.41. The summed E-state index contributed by atoms with van der Waals surface area (Å²) in [7, 11) is -3.81. The lowest BCUT2D eigenvalue weighted by Crippen LogP contribution is -2.11. The molecule has 0 radical (unpaired) electrons. The van der Waals surface area contributed by atoms with E-state index >= 15 is 0 Å². The first kappa shape index (κ1) is 29.1. The first-order valence-electron chi connectivity index (χ1n) is 8.47. The number of rotatable bonds is 10. The highest BCUT2D eigenvalue weighted by atomic mass is 79.9. The first-order chi connectivity index (χ1) is 14.5. The molecule has 0 fully saturated rings. The van der Waals surface area contributed by atoms with Crippen molar-refractivity contribution in [2.45, 2.75) is 32.7 Å². The molecule has 172 valence electrons. The molecule has 13 heteroatoms. The summed E-state index contributed by atoms with van der Waals surface area (Å²) in [6, 6.07) is 6.11. The molecule has 0 spiro atoms. The Bertz CT molecular complexity index is 910. The van der Waals surface area contributed by atoms with Gasteiger partial charge < -0.3 is 9.47 Å². The van der Waals surface area contributed by atoms with Crippen molar-refractivity contribution in [2.75, 3.05) is 10.7 Å². The van der Waals surface area contributed by atoms with Crippen LogP contribution in [-0.4, -0.2) is 29.1 Å². The van der Waals surface area contributed by atoms with Gasteiger partial charge in [0.05, 0.1) is 27.7 Å².